The molecule has 0 aliphatic carbocycles. The topological polar surface area (TPSA) is 148 Å². The number of aromatic nitrogens is 2. The molecule has 55 heavy (non-hydrogen) atoms. The van der Waals surface area contributed by atoms with E-state index in [-0.39, 0.29) is 75.7 Å². The number of benzene rings is 1. The second-order valence-corrected chi connectivity index (χ2v) is 14.1. The standard InChI is InChI=1S/C38H48F3N7O7/c1-2-12-45-24-32(29-19-27(39)5-6-30(29)40)44-36(45)35(25-9-15-53-16-10-25)48(22-26-20-42-21-31(26)41)38(52)46-13-3-4-28(23-46)55-37(51)43-11-17-54-18-14-47-33(49)7-8-34(47)50/h2,5-8,19,24-26,28,31,35,42H,1,3-4,9-18,20-23H2,(H,43,51)/t26-,28?,31-,35+/m0/s1. The maximum atomic E-state index is 15.3. The third-order valence-corrected chi connectivity index (χ3v) is 10.4. The van der Waals surface area contributed by atoms with Gasteiger partial charge in [0.1, 0.15) is 29.7 Å². The Morgan fingerprint density at radius 1 is 1.13 bits per heavy atom. The zero-order valence-electron chi connectivity index (χ0n) is 30.7. The van der Waals surface area contributed by atoms with Crippen LogP contribution in [0.25, 0.3) is 11.3 Å². The lowest BCUT2D eigenvalue weighted by Gasteiger charge is -2.43. The van der Waals surface area contributed by atoms with Crippen LogP contribution in [0.4, 0.5) is 22.8 Å². The zero-order valence-corrected chi connectivity index (χ0v) is 30.7. The van der Waals surface area contributed by atoms with Crippen LogP contribution in [0.2, 0.25) is 0 Å². The molecule has 0 radical (unpaired) electrons. The molecule has 14 nitrogen and oxygen atoms in total. The van der Waals surface area contributed by atoms with E-state index >= 15 is 8.78 Å². The highest BCUT2D eigenvalue weighted by Crippen LogP contribution is 2.38. The van der Waals surface area contributed by atoms with Crippen LogP contribution < -0.4 is 10.6 Å². The van der Waals surface area contributed by atoms with Crippen molar-refractivity contribution in [3.8, 4) is 11.3 Å². The van der Waals surface area contributed by atoms with Crippen molar-refractivity contribution in [3.05, 3.63) is 66.7 Å². The summed E-state index contributed by atoms with van der Waals surface area (Å²) in [4.78, 5) is 60.1. The summed E-state index contributed by atoms with van der Waals surface area (Å²) in [6.07, 6.45) is 5.43. The van der Waals surface area contributed by atoms with Gasteiger partial charge in [-0.2, -0.15) is 0 Å². The van der Waals surface area contributed by atoms with E-state index in [0.29, 0.717) is 57.8 Å². The monoisotopic (exact) mass is 771 g/mol. The van der Waals surface area contributed by atoms with Crippen molar-refractivity contribution < 1.29 is 46.6 Å². The van der Waals surface area contributed by atoms with Gasteiger partial charge in [-0.1, -0.05) is 6.08 Å². The maximum Gasteiger partial charge on any atom is 0.407 e. The molecule has 0 bridgehead atoms. The van der Waals surface area contributed by atoms with Gasteiger partial charge in [0.2, 0.25) is 0 Å². The smallest absolute Gasteiger partial charge is 0.407 e. The minimum absolute atomic E-state index is 0.0232. The Bertz CT molecular complexity index is 1720. The maximum absolute atomic E-state index is 15.3. The number of imidazole rings is 1. The van der Waals surface area contributed by atoms with Crippen LogP contribution >= 0.6 is 0 Å². The summed E-state index contributed by atoms with van der Waals surface area (Å²) in [7, 11) is 0. The summed E-state index contributed by atoms with van der Waals surface area (Å²) in [5.41, 5.74) is 0.172. The number of alkyl halides is 1. The predicted molar refractivity (Wildman–Crippen MR) is 193 cm³/mol. The van der Waals surface area contributed by atoms with Gasteiger partial charge in [-0.15, -0.1) is 6.58 Å². The third-order valence-electron chi connectivity index (χ3n) is 10.4. The largest absolute Gasteiger partial charge is 0.444 e. The Balaban J connectivity index is 1.18. The molecule has 5 heterocycles. The minimum atomic E-state index is -1.19. The number of carbonyl (C=O) groups is 4. The van der Waals surface area contributed by atoms with E-state index in [1.165, 1.54) is 12.2 Å². The quantitative estimate of drug-likeness (QED) is 0.158. The summed E-state index contributed by atoms with van der Waals surface area (Å²) in [5, 5.41) is 5.71. The van der Waals surface area contributed by atoms with Gasteiger partial charge in [-0.05, 0) is 49.8 Å². The number of alkyl carbamates (subject to hydrolysis) is 1. The molecule has 298 valence electrons. The van der Waals surface area contributed by atoms with Gasteiger partial charge < -0.3 is 39.2 Å². The molecule has 17 heteroatoms. The summed E-state index contributed by atoms with van der Waals surface area (Å²) in [6, 6.07) is 2.11. The van der Waals surface area contributed by atoms with Crippen molar-refractivity contribution in [2.45, 2.75) is 50.5 Å². The SMILES string of the molecule is C=CCn1cc(-c2cc(F)ccc2F)nc1[C@@H](C1CCOCC1)N(C[C@@H]1CNC[C@@H]1F)C(=O)N1CCCC(OC(=O)NCCOCCN2C(=O)C=CC2=O)C1. The fourth-order valence-electron chi connectivity index (χ4n) is 7.57. The minimum Gasteiger partial charge on any atom is -0.444 e. The first-order valence-electron chi connectivity index (χ1n) is 18.8. The molecular weight excluding hydrogens is 723 g/mol. The number of ether oxygens (including phenoxy) is 3. The lowest BCUT2D eigenvalue weighted by Crippen LogP contribution is -2.54. The van der Waals surface area contributed by atoms with Gasteiger partial charge in [0.05, 0.1) is 38.0 Å². The Morgan fingerprint density at radius 3 is 2.64 bits per heavy atom. The van der Waals surface area contributed by atoms with E-state index in [0.717, 1.165) is 23.1 Å². The molecule has 1 aromatic carbocycles. The Morgan fingerprint density at radius 2 is 1.91 bits per heavy atom. The normalized spacial score (nSPS) is 22.3. The first kappa shape index (κ1) is 39.9. The molecule has 4 atom stereocenters. The van der Waals surface area contributed by atoms with E-state index < -0.39 is 53.8 Å². The van der Waals surface area contributed by atoms with Crippen LogP contribution in [0.15, 0.2) is 49.2 Å². The van der Waals surface area contributed by atoms with Gasteiger partial charge in [-0.25, -0.2) is 27.7 Å². The second-order valence-electron chi connectivity index (χ2n) is 14.1. The number of piperidine rings is 1. The number of likely N-dealkylation sites (tertiary alicyclic amines) is 1. The molecular formula is C38H48F3N7O7. The van der Waals surface area contributed by atoms with E-state index in [4.69, 9.17) is 19.2 Å². The predicted octanol–water partition coefficient (Wildman–Crippen LogP) is 3.59. The van der Waals surface area contributed by atoms with E-state index in [9.17, 15) is 23.6 Å². The summed E-state index contributed by atoms with van der Waals surface area (Å²) >= 11 is 0. The Hall–Kier alpha value is -4.74. The summed E-state index contributed by atoms with van der Waals surface area (Å²) < 4.78 is 63.3. The number of urea groups is 1. The number of allylic oxidation sites excluding steroid dienone is 1. The fraction of sp³-hybridized carbons (Fsp3) is 0.553. The average molecular weight is 772 g/mol. The highest BCUT2D eigenvalue weighted by Gasteiger charge is 2.42. The lowest BCUT2D eigenvalue weighted by molar-refractivity contribution is -0.137. The van der Waals surface area contributed by atoms with Crippen molar-refractivity contribution in [1.82, 2.24) is 34.9 Å². The number of nitrogens with one attached hydrogen (secondary N) is 2. The van der Waals surface area contributed by atoms with E-state index in [1.807, 2.05) is 0 Å². The molecule has 3 fully saturated rings. The molecule has 2 aromatic rings. The molecule has 5 amide bonds. The van der Waals surface area contributed by atoms with Gasteiger partial charge in [0.25, 0.3) is 11.8 Å². The molecule has 0 spiro atoms. The second kappa shape index (κ2) is 18.7. The van der Waals surface area contributed by atoms with E-state index in [1.54, 1.807) is 26.6 Å². The molecule has 1 aromatic heterocycles. The molecule has 6 rings (SSSR count). The van der Waals surface area contributed by atoms with Crippen LogP contribution in [-0.4, -0.2) is 133 Å². The molecule has 3 saturated heterocycles. The number of imide groups is 1. The number of halogens is 3. The van der Waals surface area contributed by atoms with E-state index in [2.05, 4.69) is 17.2 Å². The van der Waals surface area contributed by atoms with Crippen LogP contribution in [-0.2, 0) is 30.3 Å². The first-order chi connectivity index (χ1) is 26.6. The van der Waals surface area contributed by atoms with Gasteiger partial charge >= 0.3 is 12.1 Å². The molecule has 2 N–H and O–H groups in total. The number of rotatable bonds is 15. The third kappa shape index (κ3) is 9.93. The van der Waals surface area contributed by atoms with Crippen LogP contribution in [0, 0.1) is 23.5 Å². The van der Waals surface area contributed by atoms with Crippen LogP contribution in [0.1, 0.15) is 37.5 Å². The van der Waals surface area contributed by atoms with Gasteiger partial charge in [0.15, 0.2) is 0 Å². The molecule has 0 saturated carbocycles. The molecule has 1 unspecified atom stereocenters. The first-order valence-corrected chi connectivity index (χ1v) is 18.8. The van der Waals surface area contributed by atoms with Crippen molar-refractivity contribution in [2.24, 2.45) is 11.8 Å². The van der Waals surface area contributed by atoms with Crippen molar-refractivity contribution in [2.75, 3.05) is 72.2 Å². The number of nitrogens with zero attached hydrogens (tertiary/aromatic N) is 5. The molecule has 4 aliphatic heterocycles. The highest BCUT2D eigenvalue weighted by atomic mass is 19.1. The Kier molecular flexibility index (Phi) is 13.6. The highest BCUT2D eigenvalue weighted by molar-refractivity contribution is 6.12. The van der Waals surface area contributed by atoms with Crippen LogP contribution in [0.3, 0.4) is 0 Å². The number of hydrogen-bond donors (Lipinski definition) is 2. The lowest BCUT2D eigenvalue weighted by atomic mass is 9.89. The molecule has 4 aliphatic rings. The van der Waals surface area contributed by atoms with Gasteiger partial charge in [-0.3, -0.25) is 14.5 Å². The van der Waals surface area contributed by atoms with Crippen molar-refractivity contribution in [1.29, 1.82) is 0 Å². The average Bonchev–Trinajstić information content (AvgIpc) is 3.88. The van der Waals surface area contributed by atoms with Crippen LogP contribution in [0.5, 0.6) is 0 Å². The zero-order chi connectivity index (χ0) is 38.9. The summed E-state index contributed by atoms with van der Waals surface area (Å²) in [5.74, 6) is -2.28. The number of hydrogen-bond acceptors (Lipinski definition) is 9. The van der Waals surface area contributed by atoms with Crippen molar-refractivity contribution in [3.63, 3.8) is 0 Å². The fourth-order valence-corrected chi connectivity index (χ4v) is 7.57. The number of carbonyl (C=O) groups excluding carboxylic acids is 4. The van der Waals surface area contributed by atoms with Crippen molar-refractivity contribution >= 4 is 23.9 Å². The Labute approximate surface area is 317 Å². The summed E-state index contributed by atoms with van der Waals surface area (Å²) in [6.45, 7) is 6.58. The number of amides is 5. The van der Waals surface area contributed by atoms with Gasteiger partial charge in [0, 0.05) is 82.3 Å².